The number of benzene rings is 1. The van der Waals surface area contributed by atoms with Crippen molar-refractivity contribution in [3.63, 3.8) is 0 Å². The summed E-state index contributed by atoms with van der Waals surface area (Å²) < 4.78 is 8.49. The molecule has 4 nitrogen and oxygen atoms in total. The standard InChI is InChI=1S/C16H16BrN3O/c1-4-21-15-6-10(2)13(5-11(15)3)14-9-20-8-12(17)7-18-16(20)19-14/h5-9H,4H2,1-3H3. The molecule has 0 spiro atoms. The summed E-state index contributed by atoms with van der Waals surface area (Å²) in [4.78, 5) is 8.90. The number of rotatable bonds is 3. The SMILES string of the molecule is CCOc1cc(C)c(-c2cn3cc(Br)cnc3n2)cc1C. The van der Waals surface area contributed by atoms with E-state index in [1.807, 2.05) is 23.7 Å². The fourth-order valence-corrected chi connectivity index (χ4v) is 2.69. The average molecular weight is 346 g/mol. The van der Waals surface area contributed by atoms with Crippen LogP contribution in [-0.4, -0.2) is 21.0 Å². The predicted octanol–water partition coefficient (Wildman–Crippen LogP) is 4.17. The highest BCUT2D eigenvalue weighted by Gasteiger charge is 2.11. The van der Waals surface area contributed by atoms with Crippen molar-refractivity contribution in [1.29, 1.82) is 0 Å². The minimum absolute atomic E-state index is 0.673. The zero-order valence-electron chi connectivity index (χ0n) is 12.2. The number of aryl methyl sites for hydroxylation is 2. The lowest BCUT2D eigenvalue weighted by molar-refractivity contribution is 0.337. The molecule has 0 fully saturated rings. The lowest BCUT2D eigenvalue weighted by Gasteiger charge is -2.11. The maximum absolute atomic E-state index is 5.64. The normalized spacial score (nSPS) is 11.0. The molecule has 3 rings (SSSR count). The van der Waals surface area contributed by atoms with Crippen LogP contribution in [0.4, 0.5) is 0 Å². The first kappa shape index (κ1) is 14.1. The first-order chi connectivity index (χ1) is 10.1. The van der Waals surface area contributed by atoms with E-state index in [2.05, 4.69) is 51.9 Å². The molecule has 0 saturated carbocycles. The number of hydrogen-bond donors (Lipinski definition) is 0. The Balaban J connectivity index is 2.11. The molecule has 0 aliphatic heterocycles. The van der Waals surface area contributed by atoms with Gasteiger partial charge in [-0.15, -0.1) is 0 Å². The number of halogens is 1. The van der Waals surface area contributed by atoms with Crippen molar-refractivity contribution in [1.82, 2.24) is 14.4 Å². The highest BCUT2D eigenvalue weighted by Crippen LogP contribution is 2.29. The zero-order valence-corrected chi connectivity index (χ0v) is 13.8. The van der Waals surface area contributed by atoms with Gasteiger partial charge in [-0.1, -0.05) is 0 Å². The second-order valence-electron chi connectivity index (χ2n) is 4.97. The Morgan fingerprint density at radius 3 is 2.76 bits per heavy atom. The van der Waals surface area contributed by atoms with Crippen molar-refractivity contribution in [2.45, 2.75) is 20.8 Å². The summed E-state index contributed by atoms with van der Waals surface area (Å²) in [5, 5.41) is 0. The van der Waals surface area contributed by atoms with Gasteiger partial charge in [0.1, 0.15) is 5.75 Å². The minimum Gasteiger partial charge on any atom is -0.494 e. The fraction of sp³-hybridized carbons (Fsp3) is 0.250. The number of aromatic nitrogens is 3. The molecule has 0 bridgehead atoms. The van der Waals surface area contributed by atoms with E-state index in [9.17, 15) is 0 Å². The molecule has 0 aliphatic rings. The van der Waals surface area contributed by atoms with Crippen LogP contribution in [0.15, 0.2) is 35.2 Å². The van der Waals surface area contributed by atoms with E-state index in [-0.39, 0.29) is 0 Å². The Bertz CT molecular complexity index is 811. The predicted molar refractivity (Wildman–Crippen MR) is 86.8 cm³/mol. The maximum atomic E-state index is 5.64. The van der Waals surface area contributed by atoms with Crippen molar-refractivity contribution < 1.29 is 4.74 Å². The summed E-state index contributed by atoms with van der Waals surface area (Å²) in [6.45, 7) is 6.80. The van der Waals surface area contributed by atoms with Crippen molar-refractivity contribution in [2.75, 3.05) is 6.61 Å². The topological polar surface area (TPSA) is 39.4 Å². The smallest absolute Gasteiger partial charge is 0.234 e. The summed E-state index contributed by atoms with van der Waals surface area (Å²) in [6.07, 6.45) is 5.70. The third-order valence-electron chi connectivity index (χ3n) is 3.38. The van der Waals surface area contributed by atoms with Crippen LogP contribution in [-0.2, 0) is 0 Å². The molecular weight excluding hydrogens is 330 g/mol. The summed E-state index contributed by atoms with van der Waals surface area (Å²) in [7, 11) is 0. The van der Waals surface area contributed by atoms with Crippen LogP contribution >= 0.6 is 15.9 Å². The summed E-state index contributed by atoms with van der Waals surface area (Å²) in [5.74, 6) is 1.63. The van der Waals surface area contributed by atoms with Gasteiger partial charge in [-0.2, -0.15) is 0 Å². The molecule has 21 heavy (non-hydrogen) atoms. The van der Waals surface area contributed by atoms with Gasteiger partial charge in [0, 0.05) is 24.2 Å². The molecule has 0 saturated heterocycles. The Morgan fingerprint density at radius 2 is 2.00 bits per heavy atom. The molecule has 0 N–H and O–H groups in total. The van der Waals surface area contributed by atoms with Crippen LogP contribution in [0.5, 0.6) is 5.75 Å². The molecule has 0 amide bonds. The molecule has 3 aromatic rings. The first-order valence-corrected chi connectivity index (χ1v) is 7.62. The quantitative estimate of drug-likeness (QED) is 0.714. The molecule has 5 heteroatoms. The number of ether oxygens (including phenoxy) is 1. The van der Waals surface area contributed by atoms with Gasteiger partial charge in [0.25, 0.3) is 0 Å². The van der Waals surface area contributed by atoms with E-state index in [1.165, 1.54) is 0 Å². The van der Waals surface area contributed by atoms with E-state index >= 15 is 0 Å². The van der Waals surface area contributed by atoms with E-state index in [0.29, 0.717) is 12.4 Å². The molecule has 1 aromatic carbocycles. The summed E-state index contributed by atoms with van der Waals surface area (Å²) in [6, 6.07) is 4.19. The van der Waals surface area contributed by atoms with Gasteiger partial charge in [-0.3, -0.25) is 4.40 Å². The monoisotopic (exact) mass is 345 g/mol. The molecule has 0 atom stereocenters. The Labute approximate surface area is 131 Å². The second kappa shape index (κ2) is 5.48. The van der Waals surface area contributed by atoms with Crippen LogP contribution in [0.2, 0.25) is 0 Å². The van der Waals surface area contributed by atoms with Crippen LogP contribution in [0, 0.1) is 13.8 Å². The molecule has 2 aromatic heterocycles. The molecule has 0 radical (unpaired) electrons. The molecule has 108 valence electrons. The van der Waals surface area contributed by atoms with Crippen LogP contribution in [0.3, 0.4) is 0 Å². The Morgan fingerprint density at radius 1 is 1.19 bits per heavy atom. The zero-order chi connectivity index (χ0) is 15.0. The van der Waals surface area contributed by atoms with Crippen LogP contribution in [0.1, 0.15) is 18.1 Å². The highest BCUT2D eigenvalue weighted by atomic mass is 79.9. The number of nitrogens with zero attached hydrogens (tertiary/aromatic N) is 3. The third kappa shape index (κ3) is 2.65. The van der Waals surface area contributed by atoms with E-state index in [4.69, 9.17) is 4.74 Å². The third-order valence-corrected chi connectivity index (χ3v) is 3.79. The highest BCUT2D eigenvalue weighted by molar-refractivity contribution is 9.10. The van der Waals surface area contributed by atoms with Crippen molar-refractivity contribution >= 4 is 21.7 Å². The van der Waals surface area contributed by atoms with Gasteiger partial charge in [-0.05, 0) is 60.0 Å². The lowest BCUT2D eigenvalue weighted by atomic mass is 10.0. The van der Waals surface area contributed by atoms with E-state index < -0.39 is 0 Å². The van der Waals surface area contributed by atoms with Gasteiger partial charge >= 0.3 is 0 Å². The largest absolute Gasteiger partial charge is 0.494 e. The number of fused-ring (bicyclic) bond motifs is 1. The Hall–Kier alpha value is -1.88. The summed E-state index contributed by atoms with van der Waals surface area (Å²) in [5.41, 5.74) is 4.29. The molecule has 2 heterocycles. The van der Waals surface area contributed by atoms with Crippen LogP contribution in [0.25, 0.3) is 17.0 Å². The minimum atomic E-state index is 0.673. The summed E-state index contributed by atoms with van der Waals surface area (Å²) >= 11 is 3.42. The number of hydrogen-bond acceptors (Lipinski definition) is 3. The van der Waals surface area contributed by atoms with Gasteiger partial charge in [0.2, 0.25) is 5.78 Å². The van der Waals surface area contributed by atoms with E-state index in [1.54, 1.807) is 6.20 Å². The van der Waals surface area contributed by atoms with Gasteiger partial charge < -0.3 is 4.74 Å². The first-order valence-electron chi connectivity index (χ1n) is 6.83. The molecule has 0 unspecified atom stereocenters. The van der Waals surface area contributed by atoms with Crippen LogP contribution < -0.4 is 4.74 Å². The molecule has 0 aliphatic carbocycles. The van der Waals surface area contributed by atoms with Gasteiger partial charge in [-0.25, -0.2) is 9.97 Å². The van der Waals surface area contributed by atoms with E-state index in [0.717, 1.165) is 32.6 Å². The van der Waals surface area contributed by atoms with Crippen molar-refractivity contribution in [3.05, 3.63) is 46.3 Å². The second-order valence-corrected chi connectivity index (χ2v) is 5.89. The average Bonchev–Trinajstić information content (AvgIpc) is 2.85. The van der Waals surface area contributed by atoms with Crippen molar-refractivity contribution in [3.8, 4) is 17.0 Å². The van der Waals surface area contributed by atoms with Gasteiger partial charge in [0.05, 0.1) is 16.8 Å². The number of imidazole rings is 1. The fourth-order valence-electron chi connectivity index (χ4n) is 2.37. The van der Waals surface area contributed by atoms with Crippen molar-refractivity contribution in [2.24, 2.45) is 0 Å². The maximum Gasteiger partial charge on any atom is 0.234 e. The van der Waals surface area contributed by atoms with Gasteiger partial charge in [0.15, 0.2) is 0 Å². The molecular formula is C16H16BrN3O. The Kier molecular flexibility index (Phi) is 3.68. The lowest BCUT2D eigenvalue weighted by Crippen LogP contribution is -1.96.